The fourth-order valence-electron chi connectivity index (χ4n) is 0.587. The molecule has 0 bridgehead atoms. The lowest BCUT2D eigenvalue weighted by Gasteiger charge is -2.11. The van der Waals surface area contributed by atoms with Gasteiger partial charge in [0.25, 0.3) is 5.96 Å². The standard InChI is InChI=1S/C4H6N4O2/c5-4-6-2-1-3-7(4)8(9)10/h1-2H,3H2,(H2,5,6). The Labute approximate surface area is 56.8 Å². The van der Waals surface area contributed by atoms with E-state index in [0.717, 1.165) is 5.01 Å². The molecule has 0 unspecified atom stereocenters. The molecule has 1 aliphatic heterocycles. The number of rotatable bonds is 1. The number of guanidine groups is 1. The summed E-state index contributed by atoms with van der Waals surface area (Å²) in [6.45, 7) is 0.183. The van der Waals surface area contributed by atoms with E-state index in [-0.39, 0.29) is 12.5 Å². The molecule has 0 amide bonds. The Bertz CT molecular complexity index is 209. The van der Waals surface area contributed by atoms with Crippen LogP contribution in [0.4, 0.5) is 0 Å². The first kappa shape index (κ1) is 6.53. The number of hydrazine groups is 1. The van der Waals surface area contributed by atoms with Crippen LogP contribution in [0.3, 0.4) is 0 Å². The molecule has 0 aromatic carbocycles. The van der Waals surface area contributed by atoms with E-state index >= 15 is 0 Å². The second kappa shape index (κ2) is 2.34. The molecule has 6 heteroatoms. The van der Waals surface area contributed by atoms with Gasteiger partial charge in [0.1, 0.15) is 6.54 Å². The van der Waals surface area contributed by atoms with E-state index < -0.39 is 5.03 Å². The average Bonchev–Trinajstić information content (AvgIpc) is 1.88. The van der Waals surface area contributed by atoms with Crippen molar-refractivity contribution in [1.29, 1.82) is 0 Å². The lowest BCUT2D eigenvalue weighted by atomic mass is 10.5. The van der Waals surface area contributed by atoms with Crippen molar-refractivity contribution in [3.63, 3.8) is 0 Å². The van der Waals surface area contributed by atoms with Crippen LogP contribution in [-0.4, -0.2) is 22.5 Å². The van der Waals surface area contributed by atoms with Crippen LogP contribution in [-0.2, 0) is 0 Å². The summed E-state index contributed by atoms with van der Waals surface area (Å²) < 4.78 is 0. The summed E-state index contributed by atoms with van der Waals surface area (Å²) in [7, 11) is 0. The highest BCUT2D eigenvalue weighted by molar-refractivity contribution is 5.78. The quantitative estimate of drug-likeness (QED) is 0.388. The summed E-state index contributed by atoms with van der Waals surface area (Å²) in [4.78, 5) is 13.6. The second-order valence-electron chi connectivity index (χ2n) is 1.69. The third-order valence-electron chi connectivity index (χ3n) is 1.05. The van der Waals surface area contributed by atoms with Crippen LogP contribution in [0.25, 0.3) is 0 Å². The Morgan fingerprint density at radius 1 is 1.90 bits per heavy atom. The van der Waals surface area contributed by atoms with E-state index in [4.69, 9.17) is 5.73 Å². The first-order chi connectivity index (χ1) is 4.72. The zero-order valence-electron chi connectivity index (χ0n) is 5.10. The maximum atomic E-state index is 10.1. The molecule has 0 atom stereocenters. The lowest BCUT2D eigenvalue weighted by molar-refractivity contribution is -0.627. The van der Waals surface area contributed by atoms with Crippen molar-refractivity contribution in [2.75, 3.05) is 6.54 Å². The van der Waals surface area contributed by atoms with Gasteiger partial charge in [0, 0.05) is 6.20 Å². The summed E-state index contributed by atoms with van der Waals surface area (Å²) in [5, 5.41) is 10.3. The van der Waals surface area contributed by atoms with Crippen LogP contribution in [0.5, 0.6) is 0 Å². The fraction of sp³-hybridized carbons (Fsp3) is 0.250. The molecule has 0 aromatic heterocycles. The molecule has 0 saturated heterocycles. The Kier molecular flexibility index (Phi) is 1.53. The van der Waals surface area contributed by atoms with Gasteiger partial charge in [0.05, 0.1) is 0 Å². The van der Waals surface area contributed by atoms with Gasteiger partial charge in [0.15, 0.2) is 5.03 Å². The minimum Gasteiger partial charge on any atom is -0.365 e. The highest BCUT2D eigenvalue weighted by Crippen LogP contribution is 1.95. The molecule has 0 radical (unpaired) electrons. The lowest BCUT2D eigenvalue weighted by Crippen LogP contribution is -2.42. The molecule has 1 aliphatic rings. The maximum absolute atomic E-state index is 10.1. The molecular weight excluding hydrogens is 136 g/mol. The SMILES string of the molecule is NC1=NC=CCN1[N+](=O)[O-]. The van der Waals surface area contributed by atoms with Gasteiger partial charge < -0.3 is 5.73 Å². The third-order valence-corrected chi connectivity index (χ3v) is 1.05. The van der Waals surface area contributed by atoms with Crippen LogP contribution in [0.15, 0.2) is 17.3 Å². The monoisotopic (exact) mass is 142 g/mol. The van der Waals surface area contributed by atoms with E-state index in [1.54, 1.807) is 6.08 Å². The normalized spacial score (nSPS) is 16.8. The van der Waals surface area contributed by atoms with Crippen LogP contribution in [0, 0.1) is 10.1 Å². The molecule has 54 valence electrons. The summed E-state index contributed by atoms with van der Waals surface area (Å²) in [6, 6.07) is 0. The number of hydrogen-bond donors (Lipinski definition) is 1. The van der Waals surface area contributed by atoms with E-state index in [1.807, 2.05) is 0 Å². The van der Waals surface area contributed by atoms with Crippen molar-refractivity contribution < 1.29 is 5.03 Å². The van der Waals surface area contributed by atoms with Gasteiger partial charge in [-0.15, -0.1) is 0 Å². The van der Waals surface area contributed by atoms with E-state index in [2.05, 4.69) is 4.99 Å². The topological polar surface area (TPSA) is 84.8 Å². The predicted molar refractivity (Wildman–Crippen MR) is 34.5 cm³/mol. The van der Waals surface area contributed by atoms with Crippen LogP contribution in [0.2, 0.25) is 0 Å². The number of nitrogens with two attached hydrogens (primary N) is 1. The van der Waals surface area contributed by atoms with Gasteiger partial charge in [-0.3, -0.25) is 0 Å². The summed E-state index contributed by atoms with van der Waals surface area (Å²) in [5.41, 5.74) is 5.16. The van der Waals surface area contributed by atoms with Crippen molar-refractivity contribution in [1.82, 2.24) is 5.01 Å². The zero-order chi connectivity index (χ0) is 7.56. The molecule has 0 aromatic rings. The number of nitro groups is 1. The van der Waals surface area contributed by atoms with E-state index in [1.165, 1.54) is 6.20 Å². The Morgan fingerprint density at radius 3 is 3.00 bits per heavy atom. The Hall–Kier alpha value is -1.59. The van der Waals surface area contributed by atoms with Gasteiger partial charge in [-0.05, 0) is 6.08 Å². The largest absolute Gasteiger partial charge is 0.365 e. The van der Waals surface area contributed by atoms with E-state index in [9.17, 15) is 10.1 Å². The highest BCUT2D eigenvalue weighted by atomic mass is 16.7. The maximum Gasteiger partial charge on any atom is 0.259 e. The van der Waals surface area contributed by atoms with Crippen LogP contribution >= 0.6 is 0 Å². The molecular formula is C4H6N4O2. The highest BCUT2D eigenvalue weighted by Gasteiger charge is 2.18. The molecule has 1 rings (SSSR count). The molecule has 0 fully saturated rings. The summed E-state index contributed by atoms with van der Waals surface area (Å²) in [6.07, 6.45) is 2.99. The van der Waals surface area contributed by atoms with Gasteiger partial charge in [-0.1, -0.05) is 5.01 Å². The smallest absolute Gasteiger partial charge is 0.259 e. The number of hydrogen-bond acceptors (Lipinski definition) is 4. The summed E-state index contributed by atoms with van der Waals surface area (Å²) >= 11 is 0. The van der Waals surface area contributed by atoms with Gasteiger partial charge in [0.2, 0.25) is 0 Å². The summed E-state index contributed by atoms with van der Waals surface area (Å²) in [5.74, 6) is -0.0764. The first-order valence-electron chi connectivity index (χ1n) is 2.62. The van der Waals surface area contributed by atoms with Crippen molar-refractivity contribution in [3.05, 3.63) is 22.4 Å². The van der Waals surface area contributed by atoms with Crippen molar-refractivity contribution in [2.45, 2.75) is 0 Å². The minimum absolute atomic E-state index is 0.0764. The second-order valence-corrected chi connectivity index (χ2v) is 1.69. The zero-order valence-corrected chi connectivity index (χ0v) is 5.10. The van der Waals surface area contributed by atoms with Gasteiger partial charge in [-0.2, -0.15) is 0 Å². The van der Waals surface area contributed by atoms with Gasteiger partial charge in [-0.25, -0.2) is 15.1 Å². The number of aliphatic imine (C=N–C) groups is 1. The third kappa shape index (κ3) is 1.04. The molecule has 1 heterocycles. The average molecular weight is 142 g/mol. The van der Waals surface area contributed by atoms with Gasteiger partial charge >= 0.3 is 0 Å². The molecule has 2 N–H and O–H groups in total. The van der Waals surface area contributed by atoms with Crippen LogP contribution in [0.1, 0.15) is 0 Å². The minimum atomic E-state index is -0.595. The Morgan fingerprint density at radius 2 is 2.60 bits per heavy atom. The van der Waals surface area contributed by atoms with Crippen molar-refractivity contribution in [2.24, 2.45) is 10.7 Å². The molecule has 10 heavy (non-hydrogen) atoms. The first-order valence-corrected chi connectivity index (χ1v) is 2.62. The number of nitrogens with zero attached hydrogens (tertiary/aromatic N) is 3. The van der Waals surface area contributed by atoms with Crippen LogP contribution < -0.4 is 5.73 Å². The van der Waals surface area contributed by atoms with Crippen molar-refractivity contribution >= 4 is 5.96 Å². The van der Waals surface area contributed by atoms with E-state index in [0.29, 0.717) is 0 Å². The van der Waals surface area contributed by atoms with Crippen molar-refractivity contribution in [3.8, 4) is 0 Å². The predicted octanol–water partition coefficient (Wildman–Crippen LogP) is -0.678. The molecule has 0 aliphatic carbocycles. The molecule has 0 spiro atoms. The molecule has 0 saturated carbocycles. The Balaban J connectivity index is 2.73. The fourth-order valence-corrected chi connectivity index (χ4v) is 0.587. The molecule has 6 nitrogen and oxygen atoms in total.